The minimum Gasteiger partial charge on any atom is -0.456 e. The number of halogens is 1. The monoisotopic (exact) mass is 486 g/mol. The molecule has 1 fully saturated rings. The van der Waals surface area contributed by atoms with Crippen LogP contribution in [0.4, 0.5) is 4.79 Å². The Morgan fingerprint density at radius 1 is 1.16 bits per heavy atom. The maximum absolute atomic E-state index is 12.6. The zero-order valence-electron chi connectivity index (χ0n) is 17.6. The lowest BCUT2D eigenvalue weighted by Gasteiger charge is -2.27. The molecular formula is C23H23BrN2O5. The van der Waals surface area contributed by atoms with Crippen LogP contribution in [0.5, 0.6) is 0 Å². The van der Waals surface area contributed by atoms with Crippen molar-refractivity contribution in [1.29, 1.82) is 5.26 Å². The number of rotatable bonds is 4. The van der Waals surface area contributed by atoms with E-state index < -0.39 is 36.2 Å². The fourth-order valence-electron chi connectivity index (χ4n) is 3.38. The Bertz CT molecular complexity index is 1070. The molecule has 0 radical (unpaired) electrons. The van der Waals surface area contributed by atoms with Gasteiger partial charge in [-0.15, -0.1) is 0 Å². The van der Waals surface area contributed by atoms with E-state index in [-0.39, 0.29) is 18.7 Å². The number of benzene rings is 2. The maximum Gasteiger partial charge on any atom is 0.411 e. The van der Waals surface area contributed by atoms with Gasteiger partial charge in [0.05, 0.1) is 12.0 Å². The van der Waals surface area contributed by atoms with Crippen LogP contribution in [0.25, 0.3) is 10.8 Å². The maximum atomic E-state index is 12.6. The summed E-state index contributed by atoms with van der Waals surface area (Å²) in [6.45, 7) is 4.79. The zero-order valence-corrected chi connectivity index (χ0v) is 19.1. The van der Waals surface area contributed by atoms with Crippen molar-refractivity contribution in [3.63, 3.8) is 0 Å². The number of hydrogen-bond donors (Lipinski definition) is 0. The van der Waals surface area contributed by atoms with Gasteiger partial charge in [0.2, 0.25) is 0 Å². The summed E-state index contributed by atoms with van der Waals surface area (Å²) in [6, 6.07) is 12.1. The molecule has 2 aromatic rings. The molecule has 0 aromatic heterocycles. The van der Waals surface area contributed by atoms with Crippen LogP contribution in [-0.2, 0) is 14.3 Å². The Labute approximate surface area is 189 Å². The number of likely N-dealkylation sites (tertiary alicyclic amines) is 1. The van der Waals surface area contributed by atoms with E-state index in [1.807, 2.05) is 24.3 Å². The topological polar surface area (TPSA) is 96.7 Å². The number of hydrogen-bond acceptors (Lipinski definition) is 6. The second kappa shape index (κ2) is 9.06. The van der Waals surface area contributed by atoms with E-state index in [1.54, 1.807) is 32.9 Å². The first kappa shape index (κ1) is 22.8. The highest BCUT2D eigenvalue weighted by Gasteiger charge is 2.42. The molecule has 3 rings (SSSR count). The van der Waals surface area contributed by atoms with Crippen LogP contribution in [0.2, 0.25) is 0 Å². The molecular weight excluding hydrogens is 464 g/mol. The Hall–Kier alpha value is -2.92. The third-order valence-electron chi connectivity index (χ3n) is 4.85. The second-order valence-corrected chi connectivity index (χ2v) is 9.36. The number of nitriles is 1. The molecule has 1 aliphatic rings. The van der Waals surface area contributed by atoms with Gasteiger partial charge in [0, 0.05) is 16.6 Å². The summed E-state index contributed by atoms with van der Waals surface area (Å²) in [6.07, 6.45) is -0.535. The molecule has 31 heavy (non-hydrogen) atoms. The van der Waals surface area contributed by atoms with Gasteiger partial charge in [-0.1, -0.05) is 34.1 Å². The van der Waals surface area contributed by atoms with E-state index in [1.165, 1.54) is 4.90 Å². The van der Waals surface area contributed by atoms with Crippen molar-refractivity contribution in [2.45, 2.75) is 38.8 Å². The molecule has 0 aliphatic carbocycles. The molecule has 7 nitrogen and oxygen atoms in total. The Kier molecular flexibility index (Phi) is 6.65. The van der Waals surface area contributed by atoms with Gasteiger partial charge in [-0.25, -0.2) is 9.59 Å². The first-order valence-corrected chi connectivity index (χ1v) is 10.6. The molecule has 1 aliphatic heterocycles. The van der Waals surface area contributed by atoms with E-state index in [9.17, 15) is 19.6 Å². The van der Waals surface area contributed by atoms with Gasteiger partial charge in [-0.3, -0.25) is 9.69 Å². The van der Waals surface area contributed by atoms with Crippen LogP contribution in [-0.4, -0.2) is 47.5 Å². The summed E-state index contributed by atoms with van der Waals surface area (Å²) >= 11 is 3.41. The predicted molar refractivity (Wildman–Crippen MR) is 117 cm³/mol. The second-order valence-electron chi connectivity index (χ2n) is 8.45. The van der Waals surface area contributed by atoms with Crippen LogP contribution < -0.4 is 0 Å². The molecule has 2 aromatic carbocycles. The molecule has 0 unspecified atom stereocenters. The van der Waals surface area contributed by atoms with Crippen LogP contribution in [0.15, 0.2) is 40.9 Å². The average molecular weight is 487 g/mol. The lowest BCUT2D eigenvalue weighted by atomic mass is 10.0. The molecule has 0 bridgehead atoms. The highest BCUT2D eigenvalue weighted by atomic mass is 79.9. The van der Waals surface area contributed by atoms with Crippen molar-refractivity contribution in [3.05, 3.63) is 46.4 Å². The third kappa shape index (κ3) is 5.61. The summed E-state index contributed by atoms with van der Waals surface area (Å²) in [7, 11) is 0. The Balaban J connectivity index is 1.66. The van der Waals surface area contributed by atoms with E-state index in [2.05, 4.69) is 22.0 Å². The predicted octanol–water partition coefficient (Wildman–Crippen LogP) is 4.48. The van der Waals surface area contributed by atoms with Gasteiger partial charge >= 0.3 is 12.1 Å². The van der Waals surface area contributed by atoms with Crippen LogP contribution in [0, 0.1) is 17.2 Å². The molecule has 1 heterocycles. The molecule has 162 valence electrons. The van der Waals surface area contributed by atoms with E-state index in [4.69, 9.17) is 9.47 Å². The first-order chi connectivity index (χ1) is 14.6. The number of ketones is 1. The quantitative estimate of drug-likeness (QED) is 0.466. The first-order valence-electron chi connectivity index (χ1n) is 9.86. The summed E-state index contributed by atoms with van der Waals surface area (Å²) in [5, 5.41) is 11.1. The zero-order chi connectivity index (χ0) is 22.8. The molecule has 0 spiro atoms. The number of ether oxygens (including phenoxy) is 2. The number of esters is 1. The highest BCUT2D eigenvalue weighted by molar-refractivity contribution is 9.10. The average Bonchev–Trinajstić information content (AvgIpc) is 3.15. The molecule has 1 amide bonds. The number of carbonyl (C=O) groups is 3. The fraction of sp³-hybridized carbons (Fsp3) is 0.391. The van der Waals surface area contributed by atoms with Gasteiger partial charge in [0.1, 0.15) is 11.6 Å². The van der Waals surface area contributed by atoms with Crippen molar-refractivity contribution in [1.82, 2.24) is 4.90 Å². The van der Waals surface area contributed by atoms with Crippen LogP contribution in [0.1, 0.15) is 37.6 Å². The molecule has 0 N–H and O–H groups in total. The fourth-order valence-corrected chi connectivity index (χ4v) is 3.76. The number of nitrogens with zero attached hydrogens (tertiary/aromatic N) is 2. The minimum absolute atomic E-state index is 0.0827. The van der Waals surface area contributed by atoms with Crippen molar-refractivity contribution < 1.29 is 23.9 Å². The molecule has 2 atom stereocenters. The van der Waals surface area contributed by atoms with Gasteiger partial charge in [0.25, 0.3) is 0 Å². The minimum atomic E-state index is -0.957. The lowest BCUT2D eigenvalue weighted by Crippen LogP contribution is -2.44. The summed E-state index contributed by atoms with van der Waals surface area (Å²) in [5.74, 6) is -1.57. The van der Waals surface area contributed by atoms with E-state index in [0.717, 1.165) is 15.2 Å². The van der Waals surface area contributed by atoms with Crippen LogP contribution >= 0.6 is 15.9 Å². The number of fused-ring (bicyclic) bond motifs is 1. The van der Waals surface area contributed by atoms with E-state index in [0.29, 0.717) is 5.56 Å². The SMILES string of the molecule is CC(C)(C)OC(=O)N1C[C@H](C#N)C[C@@H]1C(=O)OCC(=O)c1ccc2cc(Br)ccc2c1. The van der Waals surface area contributed by atoms with Gasteiger partial charge in [0.15, 0.2) is 12.4 Å². The normalized spacial score (nSPS) is 18.5. The molecule has 8 heteroatoms. The van der Waals surface area contributed by atoms with Crippen molar-refractivity contribution >= 4 is 44.5 Å². The van der Waals surface area contributed by atoms with E-state index >= 15 is 0 Å². The number of carbonyl (C=O) groups excluding carboxylic acids is 3. The van der Waals surface area contributed by atoms with Gasteiger partial charge < -0.3 is 9.47 Å². The van der Waals surface area contributed by atoms with Crippen molar-refractivity contribution in [2.24, 2.45) is 5.92 Å². The van der Waals surface area contributed by atoms with Gasteiger partial charge in [-0.2, -0.15) is 5.26 Å². The Morgan fingerprint density at radius 2 is 1.84 bits per heavy atom. The highest BCUT2D eigenvalue weighted by Crippen LogP contribution is 2.26. The summed E-state index contributed by atoms with van der Waals surface area (Å²) in [5.41, 5.74) is -0.314. The summed E-state index contributed by atoms with van der Waals surface area (Å²) in [4.78, 5) is 38.9. The van der Waals surface area contributed by atoms with Gasteiger partial charge in [-0.05, 0) is 56.2 Å². The molecule has 1 saturated heterocycles. The van der Waals surface area contributed by atoms with Crippen LogP contribution in [0.3, 0.4) is 0 Å². The standard InChI is InChI=1S/C23H23BrN2O5/c1-23(2,3)31-22(29)26-12-14(11-25)8-19(26)21(28)30-13-20(27)17-5-4-16-10-18(24)7-6-15(16)9-17/h4-7,9-10,14,19H,8,12-13H2,1-3H3/t14-,19+/m0/s1. The Morgan fingerprint density at radius 3 is 2.52 bits per heavy atom. The molecule has 0 saturated carbocycles. The van der Waals surface area contributed by atoms with Crippen molar-refractivity contribution in [3.8, 4) is 6.07 Å². The van der Waals surface area contributed by atoms with Crippen molar-refractivity contribution in [2.75, 3.05) is 13.2 Å². The largest absolute Gasteiger partial charge is 0.456 e. The lowest BCUT2D eigenvalue weighted by molar-refractivity contribution is -0.147. The number of amides is 1. The third-order valence-corrected chi connectivity index (χ3v) is 5.35. The number of Topliss-reactive ketones (excluding diaryl/α,β-unsaturated/α-hetero) is 1. The smallest absolute Gasteiger partial charge is 0.411 e. The summed E-state index contributed by atoms with van der Waals surface area (Å²) < 4.78 is 11.5.